The lowest BCUT2D eigenvalue weighted by atomic mass is 9.98. The average Bonchev–Trinajstić information content (AvgIpc) is 2.79. The van der Waals surface area contributed by atoms with E-state index in [2.05, 4.69) is 15.9 Å². The van der Waals surface area contributed by atoms with E-state index in [0.717, 1.165) is 0 Å². The molecule has 0 N–H and O–H groups in total. The predicted molar refractivity (Wildman–Crippen MR) is 78.8 cm³/mol. The van der Waals surface area contributed by atoms with Crippen LogP contribution in [0.3, 0.4) is 0 Å². The van der Waals surface area contributed by atoms with Gasteiger partial charge >= 0.3 is 11.9 Å². The van der Waals surface area contributed by atoms with Crippen molar-refractivity contribution in [1.29, 1.82) is 0 Å². The number of nitrogens with zero attached hydrogens (tertiary/aromatic N) is 1. The first kappa shape index (κ1) is 16.8. The first-order valence-electron chi connectivity index (χ1n) is 6.93. The van der Waals surface area contributed by atoms with E-state index in [9.17, 15) is 14.4 Å². The zero-order chi connectivity index (χ0) is 16.5. The second-order valence-corrected chi connectivity index (χ2v) is 6.75. The molecule has 0 saturated carbocycles. The van der Waals surface area contributed by atoms with Gasteiger partial charge in [-0.05, 0) is 25.8 Å². The summed E-state index contributed by atoms with van der Waals surface area (Å²) in [6, 6.07) is -0.748. The summed E-state index contributed by atoms with van der Waals surface area (Å²) >= 11 is 3.56. The van der Waals surface area contributed by atoms with Gasteiger partial charge in [-0.1, -0.05) is 15.9 Å². The van der Waals surface area contributed by atoms with Crippen molar-refractivity contribution < 1.29 is 28.6 Å². The van der Waals surface area contributed by atoms with Gasteiger partial charge in [0.15, 0.2) is 6.23 Å². The number of methoxy groups -OCH3 is 1. The summed E-state index contributed by atoms with van der Waals surface area (Å²) in [7, 11) is 1.27. The van der Waals surface area contributed by atoms with Crippen LogP contribution in [0.2, 0.25) is 0 Å². The van der Waals surface area contributed by atoms with Crippen LogP contribution in [-0.2, 0) is 28.6 Å². The van der Waals surface area contributed by atoms with Gasteiger partial charge in [0.05, 0.1) is 18.0 Å². The number of esters is 2. The molecule has 7 nitrogen and oxygen atoms in total. The molecule has 0 aliphatic carbocycles. The molecule has 1 saturated heterocycles. The molecule has 22 heavy (non-hydrogen) atoms. The van der Waals surface area contributed by atoms with Gasteiger partial charge < -0.3 is 14.2 Å². The number of rotatable bonds is 3. The molecule has 0 aromatic heterocycles. The van der Waals surface area contributed by atoms with Crippen LogP contribution in [0.15, 0.2) is 11.8 Å². The molecule has 0 radical (unpaired) electrons. The van der Waals surface area contributed by atoms with Crippen LogP contribution in [0.1, 0.15) is 26.7 Å². The van der Waals surface area contributed by atoms with Crippen molar-refractivity contribution in [2.24, 2.45) is 0 Å². The van der Waals surface area contributed by atoms with Crippen molar-refractivity contribution in [2.75, 3.05) is 13.7 Å². The molecule has 1 fully saturated rings. The lowest BCUT2D eigenvalue weighted by Crippen LogP contribution is -2.49. The monoisotopic (exact) mass is 375 g/mol. The van der Waals surface area contributed by atoms with Crippen LogP contribution in [0.25, 0.3) is 0 Å². The highest BCUT2D eigenvalue weighted by molar-refractivity contribution is 9.10. The van der Waals surface area contributed by atoms with Gasteiger partial charge in [-0.3, -0.25) is 9.69 Å². The number of ether oxygens (including phenoxy) is 3. The molecule has 3 atom stereocenters. The van der Waals surface area contributed by atoms with Crippen molar-refractivity contribution in [3.63, 3.8) is 0 Å². The summed E-state index contributed by atoms with van der Waals surface area (Å²) in [5.74, 6) is -1.36. The summed E-state index contributed by atoms with van der Waals surface area (Å²) in [4.78, 5) is 37.0. The highest BCUT2D eigenvalue weighted by Crippen LogP contribution is 2.47. The first-order valence-corrected chi connectivity index (χ1v) is 7.73. The standard InChI is InChI=1S/C14H18BrNO6/c1-4-21-12(19)10-5-6-14(15)7-9(11(18)20-3)16(8(2)17)13(14)22-10/h5,9,13H,4,6-7H2,1-3H3/t9-,13+,14+/m1/s1. The van der Waals surface area contributed by atoms with Crippen molar-refractivity contribution >= 4 is 33.8 Å². The largest absolute Gasteiger partial charge is 0.467 e. The maximum Gasteiger partial charge on any atom is 0.373 e. The Bertz CT molecular complexity index is 533. The van der Waals surface area contributed by atoms with Gasteiger partial charge in [-0.25, -0.2) is 9.59 Å². The second-order valence-electron chi connectivity index (χ2n) is 5.17. The Labute approximate surface area is 136 Å². The smallest absolute Gasteiger partial charge is 0.373 e. The number of hydrogen-bond acceptors (Lipinski definition) is 6. The summed E-state index contributed by atoms with van der Waals surface area (Å²) in [5.41, 5.74) is 0. The third kappa shape index (κ3) is 2.84. The van der Waals surface area contributed by atoms with Crippen LogP contribution in [0.4, 0.5) is 0 Å². The Morgan fingerprint density at radius 1 is 1.50 bits per heavy atom. The molecular formula is C14H18BrNO6. The van der Waals surface area contributed by atoms with Crippen LogP contribution in [0.5, 0.6) is 0 Å². The number of alkyl halides is 1. The number of likely N-dealkylation sites (tertiary alicyclic amines) is 1. The Kier molecular flexibility index (Phi) is 4.79. The number of allylic oxidation sites excluding steroid dienone is 1. The number of halogens is 1. The van der Waals surface area contributed by atoms with Crippen LogP contribution in [-0.4, -0.2) is 53.1 Å². The highest BCUT2D eigenvalue weighted by atomic mass is 79.9. The van der Waals surface area contributed by atoms with E-state index in [1.807, 2.05) is 0 Å². The van der Waals surface area contributed by atoms with Gasteiger partial charge in [0, 0.05) is 6.92 Å². The van der Waals surface area contributed by atoms with Crippen LogP contribution >= 0.6 is 15.9 Å². The molecule has 1 amide bonds. The summed E-state index contributed by atoms with van der Waals surface area (Å²) in [6.07, 6.45) is 1.62. The summed E-state index contributed by atoms with van der Waals surface area (Å²) in [6.45, 7) is 3.27. The quantitative estimate of drug-likeness (QED) is 0.542. The summed E-state index contributed by atoms with van der Waals surface area (Å²) in [5, 5.41) is 0. The van der Waals surface area contributed by atoms with Gasteiger partial charge in [0.25, 0.3) is 0 Å². The SMILES string of the molecule is CCOC(=O)C1=CC[C@]2(Br)C[C@H](C(=O)OC)N(C(C)=O)[C@H]2O1. The molecule has 8 heteroatoms. The molecule has 2 rings (SSSR count). The Hall–Kier alpha value is -1.57. The van der Waals surface area contributed by atoms with E-state index in [-0.39, 0.29) is 18.3 Å². The maximum absolute atomic E-state index is 12.0. The molecule has 0 bridgehead atoms. The van der Waals surface area contributed by atoms with E-state index in [0.29, 0.717) is 12.8 Å². The third-order valence-corrected chi connectivity index (χ3v) is 4.78. The predicted octanol–water partition coefficient (Wildman–Crippen LogP) is 1.11. The van der Waals surface area contributed by atoms with Crippen molar-refractivity contribution in [1.82, 2.24) is 4.90 Å². The van der Waals surface area contributed by atoms with Crippen LogP contribution < -0.4 is 0 Å². The van der Waals surface area contributed by atoms with Crippen molar-refractivity contribution in [3.8, 4) is 0 Å². The number of carbonyl (C=O) groups excluding carboxylic acids is 3. The average molecular weight is 376 g/mol. The number of hydrogen-bond donors (Lipinski definition) is 0. The molecule has 0 aromatic carbocycles. The fraction of sp³-hybridized carbons (Fsp3) is 0.643. The molecule has 2 heterocycles. The van der Waals surface area contributed by atoms with Gasteiger partial charge in [-0.2, -0.15) is 0 Å². The highest BCUT2D eigenvalue weighted by Gasteiger charge is 2.58. The maximum atomic E-state index is 12.0. The third-order valence-electron chi connectivity index (χ3n) is 3.74. The topological polar surface area (TPSA) is 82.1 Å². The first-order chi connectivity index (χ1) is 10.3. The van der Waals surface area contributed by atoms with E-state index in [4.69, 9.17) is 14.2 Å². The zero-order valence-electron chi connectivity index (χ0n) is 12.6. The van der Waals surface area contributed by atoms with Gasteiger partial charge in [0.1, 0.15) is 6.04 Å². The lowest BCUT2D eigenvalue weighted by molar-refractivity contribution is -0.160. The second kappa shape index (κ2) is 6.28. The zero-order valence-corrected chi connectivity index (χ0v) is 14.2. The fourth-order valence-electron chi connectivity index (χ4n) is 2.76. The van der Waals surface area contributed by atoms with Crippen LogP contribution in [0, 0.1) is 0 Å². The lowest BCUT2D eigenvalue weighted by Gasteiger charge is -2.36. The molecular weight excluding hydrogens is 358 g/mol. The Morgan fingerprint density at radius 3 is 2.73 bits per heavy atom. The Balaban J connectivity index is 2.29. The number of carbonyl (C=O) groups is 3. The summed E-state index contributed by atoms with van der Waals surface area (Å²) < 4.78 is 14.7. The number of fused-ring (bicyclic) bond motifs is 1. The van der Waals surface area contributed by atoms with Crippen molar-refractivity contribution in [3.05, 3.63) is 11.8 Å². The van der Waals surface area contributed by atoms with Gasteiger partial charge in [0.2, 0.25) is 11.7 Å². The number of amides is 1. The Morgan fingerprint density at radius 2 is 2.18 bits per heavy atom. The minimum atomic E-state index is -0.765. The normalized spacial score (nSPS) is 30.0. The molecule has 0 unspecified atom stereocenters. The van der Waals surface area contributed by atoms with E-state index < -0.39 is 28.5 Å². The molecule has 2 aliphatic rings. The molecule has 0 aromatic rings. The van der Waals surface area contributed by atoms with E-state index in [1.165, 1.54) is 18.9 Å². The van der Waals surface area contributed by atoms with Crippen molar-refractivity contribution in [2.45, 2.75) is 43.3 Å². The van der Waals surface area contributed by atoms with E-state index in [1.54, 1.807) is 13.0 Å². The minimum absolute atomic E-state index is 0.0543. The fourth-order valence-corrected chi connectivity index (χ4v) is 3.54. The van der Waals surface area contributed by atoms with Gasteiger partial charge in [-0.15, -0.1) is 0 Å². The molecule has 2 aliphatic heterocycles. The molecule has 122 valence electrons. The minimum Gasteiger partial charge on any atom is -0.467 e. The van der Waals surface area contributed by atoms with E-state index >= 15 is 0 Å². The molecule has 0 spiro atoms.